The summed E-state index contributed by atoms with van der Waals surface area (Å²) in [6.07, 6.45) is -0.346. The zero-order chi connectivity index (χ0) is 14.2. The molecule has 0 amide bonds. The lowest BCUT2D eigenvalue weighted by Gasteiger charge is -2.14. The van der Waals surface area contributed by atoms with Crippen LogP contribution in [-0.4, -0.2) is 14.9 Å². The third kappa shape index (κ3) is 2.94. The van der Waals surface area contributed by atoms with Crippen molar-refractivity contribution in [3.63, 3.8) is 0 Å². The van der Waals surface area contributed by atoms with Crippen molar-refractivity contribution < 1.29 is 5.11 Å². The Balaban J connectivity index is 2.30. The fraction of sp³-hybridized carbons (Fsp3) is 0.308. The normalized spacial score (nSPS) is 12.7. The summed E-state index contributed by atoms with van der Waals surface area (Å²) in [6, 6.07) is 5.42. The van der Waals surface area contributed by atoms with Crippen LogP contribution in [0.15, 0.2) is 22.7 Å². The van der Waals surface area contributed by atoms with Gasteiger partial charge in [0.1, 0.15) is 0 Å². The Bertz CT molecular complexity index is 612. The van der Waals surface area contributed by atoms with Gasteiger partial charge in [0, 0.05) is 29.2 Å². The lowest BCUT2D eigenvalue weighted by atomic mass is 10.0. The van der Waals surface area contributed by atoms with Gasteiger partial charge >= 0.3 is 0 Å². The number of aryl methyl sites for hydroxylation is 2. The number of nitrogens with two attached hydrogens (primary N) is 1. The molecule has 1 aromatic heterocycles. The van der Waals surface area contributed by atoms with E-state index in [2.05, 4.69) is 21.0 Å². The highest BCUT2D eigenvalue weighted by Gasteiger charge is 2.18. The highest BCUT2D eigenvalue weighted by molar-refractivity contribution is 9.10. The number of hydrogen-bond acceptors (Lipinski definition) is 3. The molecule has 2 aromatic rings. The second-order valence-corrected chi connectivity index (χ2v) is 5.76. The van der Waals surface area contributed by atoms with Crippen molar-refractivity contribution >= 4 is 33.2 Å². The maximum atomic E-state index is 10.3. The van der Waals surface area contributed by atoms with E-state index in [1.165, 1.54) is 0 Å². The average molecular weight is 345 g/mol. The van der Waals surface area contributed by atoms with Crippen molar-refractivity contribution in [2.75, 3.05) is 5.73 Å². The van der Waals surface area contributed by atoms with Crippen LogP contribution in [-0.2, 0) is 13.5 Å². The first kappa shape index (κ1) is 14.4. The number of rotatable bonds is 3. The minimum atomic E-state index is -0.718. The highest BCUT2D eigenvalue weighted by atomic mass is 79.9. The molecule has 3 N–H and O–H groups in total. The average Bonchev–Trinajstić information content (AvgIpc) is 2.59. The third-order valence-corrected chi connectivity index (χ3v) is 4.04. The van der Waals surface area contributed by atoms with Crippen LogP contribution in [0, 0.1) is 6.92 Å². The summed E-state index contributed by atoms with van der Waals surface area (Å²) in [7, 11) is 1.81. The van der Waals surface area contributed by atoms with Gasteiger partial charge in [-0.3, -0.25) is 4.68 Å². The maximum absolute atomic E-state index is 10.3. The van der Waals surface area contributed by atoms with Crippen molar-refractivity contribution in [3.8, 4) is 0 Å². The Labute approximate surface area is 125 Å². The van der Waals surface area contributed by atoms with Crippen LogP contribution < -0.4 is 5.73 Å². The van der Waals surface area contributed by atoms with Crippen LogP contribution in [0.2, 0.25) is 5.02 Å². The molecule has 19 heavy (non-hydrogen) atoms. The zero-order valence-electron chi connectivity index (χ0n) is 10.7. The summed E-state index contributed by atoms with van der Waals surface area (Å²) in [5.74, 6) is 0. The number of benzene rings is 1. The first-order valence-electron chi connectivity index (χ1n) is 5.81. The molecule has 1 heterocycles. The second kappa shape index (κ2) is 5.53. The van der Waals surface area contributed by atoms with Crippen molar-refractivity contribution in [3.05, 3.63) is 44.6 Å². The Morgan fingerprint density at radius 3 is 2.79 bits per heavy atom. The molecular weight excluding hydrogens is 330 g/mol. The van der Waals surface area contributed by atoms with E-state index < -0.39 is 6.10 Å². The van der Waals surface area contributed by atoms with Crippen LogP contribution in [0.1, 0.15) is 23.1 Å². The number of halogens is 2. The Morgan fingerprint density at radius 2 is 2.21 bits per heavy atom. The first-order valence-corrected chi connectivity index (χ1v) is 6.98. The maximum Gasteiger partial charge on any atom is 0.0866 e. The monoisotopic (exact) mass is 343 g/mol. The molecule has 0 aliphatic heterocycles. The number of aromatic nitrogens is 2. The third-order valence-electron chi connectivity index (χ3n) is 3.06. The van der Waals surface area contributed by atoms with E-state index in [9.17, 15) is 5.11 Å². The van der Waals surface area contributed by atoms with E-state index in [1.54, 1.807) is 10.7 Å². The van der Waals surface area contributed by atoms with E-state index in [0.717, 1.165) is 15.9 Å². The van der Waals surface area contributed by atoms with Gasteiger partial charge in [-0.2, -0.15) is 5.10 Å². The molecule has 0 spiro atoms. The number of nitrogen functional groups attached to an aromatic ring is 1. The van der Waals surface area contributed by atoms with Gasteiger partial charge in [-0.25, -0.2) is 0 Å². The Hall–Kier alpha value is -1.04. The molecule has 6 heteroatoms. The molecule has 1 aromatic carbocycles. The Morgan fingerprint density at radius 1 is 1.53 bits per heavy atom. The summed E-state index contributed by atoms with van der Waals surface area (Å²) in [4.78, 5) is 0. The highest BCUT2D eigenvalue weighted by Crippen LogP contribution is 2.29. The van der Waals surface area contributed by atoms with E-state index >= 15 is 0 Å². The molecule has 102 valence electrons. The Kier molecular flexibility index (Phi) is 4.18. The number of nitrogens with zero attached hydrogens (tertiary/aromatic N) is 2. The van der Waals surface area contributed by atoms with Crippen LogP contribution in [0.4, 0.5) is 5.69 Å². The van der Waals surface area contributed by atoms with E-state index in [1.807, 2.05) is 26.1 Å². The van der Waals surface area contributed by atoms with E-state index in [4.69, 9.17) is 17.3 Å². The quantitative estimate of drug-likeness (QED) is 0.841. The molecule has 0 fully saturated rings. The molecular formula is C13H15BrClN3O. The van der Waals surface area contributed by atoms with Gasteiger partial charge in [-0.05, 0) is 25.1 Å². The SMILES string of the molecule is Cc1nn(C)c(CC(O)c2cc(Br)ccc2N)c1Cl. The largest absolute Gasteiger partial charge is 0.398 e. The van der Waals surface area contributed by atoms with Crippen LogP contribution in [0.5, 0.6) is 0 Å². The topological polar surface area (TPSA) is 64.1 Å². The minimum Gasteiger partial charge on any atom is -0.398 e. The van der Waals surface area contributed by atoms with Gasteiger partial charge in [-0.1, -0.05) is 27.5 Å². The predicted octanol–water partition coefficient (Wildman–Crippen LogP) is 3.00. The van der Waals surface area contributed by atoms with Crippen LogP contribution in [0.3, 0.4) is 0 Å². The molecule has 1 unspecified atom stereocenters. The smallest absolute Gasteiger partial charge is 0.0866 e. The van der Waals surface area contributed by atoms with Crippen molar-refractivity contribution in [2.45, 2.75) is 19.4 Å². The van der Waals surface area contributed by atoms with Gasteiger partial charge in [0.15, 0.2) is 0 Å². The molecule has 0 aliphatic rings. The fourth-order valence-corrected chi connectivity index (χ4v) is 2.65. The second-order valence-electron chi connectivity index (χ2n) is 4.46. The molecule has 0 saturated heterocycles. The van der Waals surface area contributed by atoms with Crippen molar-refractivity contribution in [2.24, 2.45) is 7.05 Å². The number of aliphatic hydroxyl groups excluding tert-OH is 1. The molecule has 0 radical (unpaired) electrons. The molecule has 1 atom stereocenters. The summed E-state index contributed by atoms with van der Waals surface area (Å²) in [5, 5.41) is 15.2. The van der Waals surface area contributed by atoms with Gasteiger partial charge < -0.3 is 10.8 Å². The van der Waals surface area contributed by atoms with Crippen molar-refractivity contribution in [1.29, 1.82) is 0 Å². The molecule has 0 bridgehead atoms. The first-order chi connectivity index (χ1) is 8.90. The number of anilines is 1. The lowest BCUT2D eigenvalue weighted by molar-refractivity contribution is 0.176. The summed E-state index contributed by atoms with van der Waals surface area (Å²) < 4.78 is 2.57. The zero-order valence-corrected chi connectivity index (χ0v) is 13.0. The van der Waals surface area contributed by atoms with Crippen molar-refractivity contribution in [1.82, 2.24) is 9.78 Å². The standard InChI is InChI=1S/C13H15BrClN3O/c1-7-13(15)11(18(2)17-7)6-12(19)9-5-8(14)3-4-10(9)16/h3-5,12,19H,6,16H2,1-2H3. The fourth-order valence-electron chi connectivity index (χ4n) is 2.03. The number of aliphatic hydroxyl groups is 1. The number of hydrogen-bond donors (Lipinski definition) is 2. The molecule has 4 nitrogen and oxygen atoms in total. The summed E-state index contributed by atoms with van der Waals surface area (Å²) >= 11 is 9.55. The van der Waals surface area contributed by atoms with Gasteiger partial charge in [-0.15, -0.1) is 0 Å². The molecule has 0 saturated carbocycles. The minimum absolute atomic E-state index is 0.372. The lowest BCUT2D eigenvalue weighted by Crippen LogP contribution is -2.09. The van der Waals surface area contributed by atoms with E-state index in [0.29, 0.717) is 22.7 Å². The summed E-state index contributed by atoms with van der Waals surface area (Å²) in [6.45, 7) is 1.84. The predicted molar refractivity (Wildman–Crippen MR) is 80.2 cm³/mol. The van der Waals surface area contributed by atoms with Gasteiger partial charge in [0.2, 0.25) is 0 Å². The van der Waals surface area contributed by atoms with Crippen LogP contribution in [0.25, 0.3) is 0 Å². The summed E-state index contributed by atoms with van der Waals surface area (Å²) in [5.41, 5.74) is 8.69. The van der Waals surface area contributed by atoms with E-state index in [-0.39, 0.29) is 0 Å². The molecule has 0 aliphatic carbocycles. The van der Waals surface area contributed by atoms with Crippen LogP contribution >= 0.6 is 27.5 Å². The molecule has 2 rings (SSSR count). The van der Waals surface area contributed by atoms with Gasteiger partial charge in [0.05, 0.1) is 22.5 Å². The van der Waals surface area contributed by atoms with Gasteiger partial charge in [0.25, 0.3) is 0 Å².